The topological polar surface area (TPSA) is 72.8 Å². The molecule has 0 amide bonds. The molecule has 5 heteroatoms. The molecule has 0 aliphatic carbocycles. The van der Waals surface area contributed by atoms with Crippen molar-refractivity contribution < 1.29 is 24.2 Å². The lowest BCUT2D eigenvalue weighted by molar-refractivity contribution is -0.161. The summed E-state index contributed by atoms with van der Waals surface area (Å²) < 4.78 is 10.5. The molecule has 0 saturated carbocycles. The van der Waals surface area contributed by atoms with Gasteiger partial charge in [-0.2, -0.15) is 0 Å². The normalized spacial score (nSPS) is 12.2. The quantitative estimate of drug-likeness (QED) is 0.0513. The van der Waals surface area contributed by atoms with Crippen molar-refractivity contribution in [2.24, 2.45) is 0 Å². The fourth-order valence-electron chi connectivity index (χ4n) is 4.90. The minimum atomic E-state index is -0.767. The predicted molar refractivity (Wildman–Crippen MR) is 168 cm³/mol. The maximum absolute atomic E-state index is 12.1. The van der Waals surface area contributed by atoms with Gasteiger partial charge in [0.1, 0.15) is 6.61 Å². The molecular formula is C35H66O5. The molecule has 0 spiro atoms. The molecule has 0 aliphatic rings. The van der Waals surface area contributed by atoms with Gasteiger partial charge in [-0.3, -0.25) is 9.59 Å². The summed E-state index contributed by atoms with van der Waals surface area (Å²) in [6, 6.07) is 0. The lowest BCUT2D eigenvalue weighted by Crippen LogP contribution is -2.28. The van der Waals surface area contributed by atoms with Crippen LogP contribution in [0.3, 0.4) is 0 Å². The van der Waals surface area contributed by atoms with Crippen molar-refractivity contribution in [2.75, 3.05) is 13.2 Å². The van der Waals surface area contributed by atoms with Crippen molar-refractivity contribution in [3.05, 3.63) is 12.2 Å². The number of ether oxygens (including phenoxy) is 2. The molecule has 0 bridgehead atoms. The molecule has 0 saturated heterocycles. The van der Waals surface area contributed by atoms with Crippen LogP contribution in [0.25, 0.3) is 0 Å². The minimum absolute atomic E-state index is 0.0640. The largest absolute Gasteiger partial charge is 0.462 e. The fraction of sp³-hybridized carbons (Fsp3) is 0.886. The van der Waals surface area contributed by atoms with Crippen molar-refractivity contribution >= 4 is 11.9 Å². The predicted octanol–water partition coefficient (Wildman–Crippen LogP) is 10.2. The number of aliphatic hydroxyl groups is 1. The number of rotatable bonds is 31. The number of unbranched alkanes of at least 4 members (excludes halogenated alkanes) is 21. The van der Waals surface area contributed by atoms with Crippen molar-refractivity contribution in [2.45, 2.75) is 187 Å². The first kappa shape index (κ1) is 38.6. The molecule has 0 aliphatic heterocycles. The van der Waals surface area contributed by atoms with E-state index in [1.807, 2.05) is 0 Å². The van der Waals surface area contributed by atoms with Crippen LogP contribution in [-0.4, -0.2) is 36.4 Å². The zero-order valence-electron chi connectivity index (χ0n) is 26.6. The Morgan fingerprint density at radius 3 is 1.35 bits per heavy atom. The van der Waals surface area contributed by atoms with Crippen molar-refractivity contribution in [3.8, 4) is 0 Å². The molecule has 40 heavy (non-hydrogen) atoms. The Balaban J connectivity index is 3.57. The fourth-order valence-corrected chi connectivity index (χ4v) is 4.90. The molecule has 0 aromatic heterocycles. The third-order valence-electron chi connectivity index (χ3n) is 7.56. The number of carbonyl (C=O) groups excluding carboxylic acids is 2. The lowest BCUT2D eigenvalue weighted by atomic mass is 10.1. The summed E-state index contributed by atoms with van der Waals surface area (Å²) in [6.45, 7) is 4.11. The minimum Gasteiger partial charge on any atom is -0.462 e. The first-order valence-electron chi connectivity index (χ1n) is 17.2. The Morgan fingerprint density at radius 1 is 0.550 bits per heavy atom. The van der Waals surface area contributed by atoms with Crippen LogP contribution in [0.4, 0.5) is 0 Å². The van der Waals surface area contributed by atoms with Gasteiger partial charge in [-0.05, 0) is 38.5 Å². The van der Waals surface area contributed by atoms with Gasteiger partial charge >= 0.3 is 11.9 Å². The third-order valence-corrected chi connectivity index (χ3v) is 7.56. The summed E-state index contributed by atoms with van der Waals surface area (Å²) >= 11 is 0. The van der Waals surface area contributed by atoms with E-state index in [4.69, 9.17) is 9.47 Å². The molecule has 0 rings (SSSR count). The van der Waals surface area contributed by atoms with E-state index in [-0.39, 0.29) is 25.2 Å². The van der Waals surface area contributed by atoms with Gasteiger partial charge in [0.25, 0.3) is 0 Å². The van der Waals surface area contributed by atoms with Gasteiger partial charge in [0.2, 0.25) is 0 Å². The summed E-state index contributed by atoms with van der Waals surface area (Å²) in [6.07, 6.45) is 34.0. The molecule has 0 heterocycles. The number of esters is 2. The third kappa shape index (κ3) is 29.6. The van der Waals surface area contributed by atoms with Gasteiger partial charge in [-0.15, -0.1) is 0 Å². The molecular weight excluding hydrogens is 500 g/mol. The summed E-state index contributed by atoms with van der Waals surface area (Å²) in [5.41, 5.74) is 0. The highest BCUT2D eigenvalue weighted by molar-refractivity contribution is 5.70. The second-order valence-corrected chi connectivity index (χ2v) is 11.6. The Hall–Kier alpha value is -1.36. The molecule has 0 aromatic rings. The van der Waals surface area contributed by atoms with Crippen LogP contribution in [-0.2, 0) is 19.1 Å². The summed E-state index contributed by atoms with van der Waals surface area (Å²) in [5, 5.41) is 9.49. The molecule has 1 atom stereocenters. The SMILES string of the molecule is CCCCCCCC/C=C\CCCCCCCC(=O)OC(CO)COC(=O)CCCCCCCCCCCCC. The van der Waals surface area contributed by atoms with E-state index >= 15 is 0 Å². The Bertz CT molecular complexity index is 574. The van der Waals surface area contributed by atoms with Crippen molar-refractivity contribution in [1.29, 1.82) is 0 Å². The van der Waals surface area contributed by atoms with E-state index in [1.165, 1.54) is 109 Å². The van der Waals surface area contributed by atoms with Gasteiger partial charge in [0, 0.05) is 12.8 Å². The average Bonchev–Trinajstić information content (AvgIpc) is 2.96. The van der Waals surface area contributed by atoms with E-state index in [0.717, 1.165) is 44.9 Å². The maximum atomic E-state index is 12.1. The maximum Gasteiger partial charge on any atom is 0.306 e. The molecule has 1 unspecified atom stereocenters. The van der Waals surface area contributed by atoms with Crippen LogP contribution in [0.1, 0.15) is 181 Å². The van der Waals surface area contributed by atoms with E-state index in [9.17, 15) is 14.7 Å². The highest BCUT2D eigenvalue weighted by Gasteiger charge is 2.16. The van der Waals surface area contributed by atoms with Crippen molar-refractivity contribution in [1.82, 2.24) is 0 Å². The number of carbonyl (C=O) groups is 2. The summed E-state index contributed by atoms with van der Waals surface area (Å²) in [4.78, 5) is 24.1. The van der Waals surface area contributed by atoms with E-state index in [0.29, 0.717) is 12.8 Å². The van der Waals surface area contributed by atoms with Gasteiger partial charge in [-0.25, -0.2) is 0 Å². The van der Waals surface area contributed by atoms with Gasteiger partial charge < -0.3 is 14.6 Å². The average molecular weight is 567 g/mol. The number of allylic oxidation sites excluding steroid dienone is 2. The lowest BCUT2D eigenvalue weighted by Gasteiger charge is -2.15. The molecule has 0 aromatic carbocycles. The van der Waals surface area contributed by atoms with Gasteiger partial charge in [0.05, 0.1) is 6.61 Å². The smallest absolute Gasteiger partial charge is 0.306 e. The van der Waals surface area contributed by atoms with Crippen molar-refractivity contribution in [3.63, 3.8) is 0 Å². The van der Waals surface area contributed by atoms with Crippen LogP contribution in [0.15, 0.2) is 12.2 Å². The van der Waals surface area contributed by atoms with E-state index in [2.05, 4.69) is 26.0 Å². The first-order chi connectivity index (χ1) is 19.6. The molecule has 1 N–H and O–H groups in total. The standard InChI is InChI=1S/C35H66O5/c1-3-5-7-9-11-13-15-16-17-18-20-22-24-26-28-30-35(38)40-33(31-36)32-39-34(37)29-27-25-23-21-19-14-12-10-8-6-4-2/h16-17,33,36H,3-15,18-32H2,1-2H3/b17-16-. The second kappa shape index (κ2) is 32.2. The van der Waals surface area contributed by atoms with Crippen LogP contribution in [0, 0.1) is 0 Å². The van der Waals surface area contributed by atoms with Crippen LogP contribution >= 0.6 is 0 Å². The van der Waals surface area contributed by atoms with Gasteiger partial charge in [0.15, 0.2) is 6.10 Å². The monoisotopic (exact) mass is 566 g/mol. The Morgan fingerprint density at radius 2 is 0.925 bits per heavy atom. The highest BCUT2D eigenvalue weighted by atomic mass is 16.6. The Kier molecular flexibility index (Phi) is 31.1. The Labute approximate surface area is 248 Å². The molecule has 0 fully saturated rings. The number of hydrogen-bond acceptors (Lipinski definition) is 5. The molecule has 5 nitrogen and oxygen atoms in total. The summed E-state index contributed by atoms with van der Waals surface area (Å²) in [7, 11) is 0. The first-order valence-corrected chi connectivity index (χ1v) is 17.2. The van der Waals surface area contributed by atoms with Crippen LogP contribution < -0.4 is 0 Å². The highest BCUT2D eigenvalue weighted by Crippen LogP contribution is 2.13. The van der Waals surface area contributed by atoms with Gasteiger partial charge in [-0.1, -0.05) is 142 Å². The number of aliphatic hydroxyl groups excluding tert-OH is 1. The second-order valence-electron chi connectivity index (χ2n) is 11.6. The molecule has 0 radical (unpaired) electrons. The van der Waals surface area contributed by atoms with Crippen LogP contribution in [0.5, 0.6) is 0 Å². The molecule has 236 valence electrons. The van der Waals surface area contributed by atoms with E-state index in [1.54, 1.807) is 0 Å². The number of hydrogen-bond donors (Lipinski definition) is 1. The van der Waals surface area contributed by atoms with Crippen LogP contribution in [0.2, 0.25) is 0 Å². The summed E-state index contributed by atoms with van der Waals surface area (Å²) in [5.74, 6) is -0.597. The zero-order valence-corrected chi connectivity index (χ0v) is 26.6. The van der Waals surface area contributed by atoms with E-state index < -0.39 is 6.10 Å². The zero-order chi connectivity index (χ0) is 29.4.